The number of benzene rings is 2. The van der Waals surface area contributed by atoms with Gasteiger partial charge in [-0.1, -0.05) is 67.3 Å². The zero-order chi connectivity index (χ0) is 22.3. The number of hydrogen-bond acceptors (Lipinski definition) is 3. The van der Waals surface area contributed by atoms with E-state index in [2.05, 4.69) is 41.6 Å². The minimum Gasteiger partial charge on any atom is -0.489 e. The van der Waals surface area contributed by atoms with E-state index in [-0.39, 0.29) is 5.91 Å². The summed E-state index contributed by atoms with van der Waals surface area (Å²) in [5, 5.41) is 7.66. The second-order valence-electron chi connectivity index (χ2n) is 8.97. The molecule has 1 amide bonds. The minimum atomic E-state index is 0.0731. The Bertz CT molecular complexity index is 1040. The lowest BCUT2D eigenvalue weighted by Crippen LogP contribution is -2.18. The number of aromatic nitrogens is 2. The maximum Gasteiger partial charge on any atom is 0.225 e. The summed E-state index contributed by atoms with van der Waals surface area (Å²) >= 11 is 0. The van der Waals surface area contributed by atoms with Crippen molar-refractivity contribution >= 4 is 11.7 Å². The minimum absolute atomic E-state index is 0.0731. The third-order valence-corrected chi connectivity index (χ3v) is 6.22. The molecule has 1 aliphatic carbocycles. The fraction of sp³-hybridized carbons (Fsp3) is 0.407. The highest BCUT2D eigenvalue weighted by molar-refractivity contribution is 5.89. The Morgan fingerprint density at radius 3 is 2.62 bits per heavy atom. The van der Waals surface area contributed by atoms with Crippen molar-refractivity contribution in [2.24, 2.45) is 5.92 Å². The summed E-state index contributed by atoms with van der Waals surface area (Å²) in [7, 11) is 0. The van der Waals surface area contributed by atoms with Crippen molar-refractivity contribution in [3.63, 3.8) is 0 Å². The van der Waals surface area contributed by atoms with Crippen molar-refractivity contribution in [2.45, 2.75) is 65.5 Å². The van der Waals surface area contributed by atoms with E-state index < -0.39 is 0 Å². The van der Waals surface area contributed by atoms with Gasteiger partial charge in [0.05, 0.1) is 6.54 Å². The van der Waals surface area contributed by atoms with E-state index in [1.807, 2.05) is 41.9 Å². The van der Waals surface area contributed by atoms with Crippen molar-refractivity contribution < 1.29 is 9.53 Å². The van der Waals surface area contributed by atoms with Crippen LogP contribution in [0.3, 0.4) is 0 Å². The maximum atomic E-state index is 12.5. The lowest BCUT2D eigenvalue weighted by Gasteiger charge is -2.20. The number of ether oxygens (including phenoxy) is 1. The fourth-order valence-corrected chi connectivity index (χ4v) is 4.45. The van der Waals surface area contributed by atoms with Gasteiger partial charge in [0, 0.05) is 23.7 Å². The second kappa shape index (κ2) is 10.5. The molecule has 5 heteroatoms. The summed E-state index contributed by atoms with van der Waals surface area (Å²) in [5.74, 6) is 2.08. The van der Waals surface area contributed by atoms with Crippen LogP contribution in [0, 0.1) is 19.8 Å². The molecule has 2 aromatic carbocycles. The number of anilines is 1. The van der Waals surface area contributed by atoms with E-state index in [0.717, 1.165) is 22.6 Å². The quantitative estimate of drug-likeness (QED) is 0.473. The van der Waals surface area contributed by atoms with Gasteiger partial charge < -0.3 is 10.1 Å². The molecule has 1 fully saturated rings. The van der Waals surface area contributed by atoms with Crippen molar-refractivity contribution in [1.82, 2.24) is 9.78 Å². The molecule has 1 saturated carbocycles. The van der Waals surface area contributed by atoms with Gasteiger partial charge in [-0.05, 0) is 44.2 Å². The Kier molecular flexibility index (Phi) is 7.25. The standard InChI is InChI=1S/C27H33N3O2/c1-20-13-14-25(32-19-23-11-7-4-8-12-23)24(15-20)18-30-21(2)16-26(29-30)28-27(31)17-22-9-5-3-6-10-22/h4,7-8,11-16,22H,3,5-6,9-10,17-19H2,1-2H3,(H,28,29,31). The van der Waals surface area contributed by atoms with Crippen molar-refractivity contribution in [2.75, 3.05) is 5.32 Å². The first-order valence-corrected chi connectivity index (χ1v) is 11.7. The van der Waals surface area contributed by atoms with Crippen LogP contribution in [0.15, 0.2) is 54.6 Å². The Labute approximate surface area is 190 Å². The molecule has 1 N–H and O–H groups in total. The highest BCUT2D eigenvalue weighted by atomic mass is 16.5. The molecule has 4 rings (SSSR count). The summed E-state index contributed by atoms with van der Waals surface area (Å²) < 4.78 is 8.07. The summed E-state index contributed by atoms with van der Waals surface area (Å²) in [5.41, 5.74) is 4.40. The second-order valence-corrected chi connectivity index (χ2v) is 8.97. The number of amides is 1. The van der Waals surface area contributed by atoms with Gasteiger partial charge in [-0.15, -0.1) is 0 Å². The van der Waals surface area contributed by atoms with Crippen LogP contribution in [-0.4, -0.2) is 15.7 Å². The lowest BCUT2D eigenvalue weighted by molar-refractivity contribution is -0.117. The summed E-state index contributed by atoms with van der Waals surface area (Å²) in [6, 6.07) is 18.4. The van der Waals surface area contributed by atoms with Crippen LogP contribution in [-0.2, 0) is 17.9 Å². The molecule has 168 valence electrons. The molecule has 1 heterocycles. The van der Waals surface area contributed by atoms with Gasteiger partial charge >= 0.3 is 0 Å². The van der Waals surface area contributed by atoms with E-state index in [1.54, 1.807) is 0 Å². The first kappa shape index (κ1) is 22.1. The number of nitrogens with one attached hydrogen (secondary N) is 1. The predicted octanol–water partition coefficient (Wildman–Crippen LogP) is 6.04. The molecule has 0 atom stereocenters. The molecule has 3 aromatic rings. The molecule has 32 heavy (non-hydrogen) atoms. The fourth-order valence-electron chi connectivity index (χ4n) is 4.45. The van der Waals surface area contributed by atoms with Crippen LogP contribution >= 0.6 is 0 Å². The number of carbonyl (C=O) groups is 1. The van der Waals surface area contributed by atoms with Gasteiger partial charge in [0.2, 0.25) is 5.91 Å². The van der Waals surface area contributed by atoms with E-state index in [4.69, 9.17) is 4.74 Å². The third kappa shape index (κ3) is 6.00. The normalized spacial score (nSPS) is 14.3. The van der Waals surface area contributed by atoms with Crippen LogP contribution in [0.2, 0.25) is 0 Å². The summed E-state index contributed by atoms with van der Waals surface area (Å²) in [4.78, 5) is 12.5. The number of nitrogens with zero attached hydrogens (tertiary/aromatic N) is 2. The van der Waals surface area contributed by atoms with Crippen LogP contribution in [0.1, 0.15) is 60.9 Å². The molecular weight excluding hydrogens is 398 g/mol. The average Bonchev–Trinajstić information content (AvgIpc) is 3.13. The molecule has 0 radical (unpaired) electrons. The van der Waals surface area contributed by atoms with E-state index in [9.17, 15) is 4.79 Å². The van der Waals surface area contributed by atoms with Crippen molar-refractivity contribution in [3.8, 4) is 5.75 Å². The Morgan fingerprint density at radius 1 is 1.06 bits per heavy atom. The molecule has 0 aliphatic heterocycles. The van der Waals surface area contributed by atoms with E-state index in [0.29, 0.717) is 31.3 Å². The van der Waals surface area contributed by atoms with Gasteiger partial charge in [0.15, 0.2) is 5.82 Å². The van der Waals surface area contributed by atoms with E-state index >= 15 is 0 Å². The highest BCUT2D eigenvalue weighted by Crippen LogP contribution is 2.27. The molecule has 0 spiro atoms. The predicted molar refractivity (Wildman–Crippen MR) is 128 cm³/mol. The van der Waals surface area contributed by atoms with Gasteiger partial charge in [-0.3, -0.25) is 9.48 Å². The molecule has 0 unspecified atom stereocenters. The Morgan fingerprint density at radius 2 is 1.84 bits per heavy atom. The summed E-state index contributed by atoms with van der Waals surface area (Å²) in [6.07, 6.45) is 6.73. The summed E-state index contributed by atoms with van der Waals surface area (Å²) in [6.45, 7) is 5.22. The SMILES string of the molecule is Cc1ccc(OCc2ccccc2)c(Cn2nc(NC(=O)CC3CCCCC3)cc2C)c1. The zero-order valence-electron chi connectivity index (χ0n) is 19.1. The van der Waals surface area contributed by atoms with Crippen molar-refractivity contribution in [3.05, 3.63) is 77.0 Å². The molecule has 1 aliphatic rings. The monoisotopic (exact) mass is 431 g/mol. The van der Waals surface area contributed by atoms with Crippen LogP contribution < -0.4 is 10.1 Å². The first-order valence-electron chi connectivity index (χ1n) is 11.7. The molecular formula is C27H33N3O2. The molecule has 0 saturated heterocycles. The van der Waals surface area contributed by atoms with Gasteiger partial charge in [0.25, 0.3) is 0 Å². The number of carbonyl (C=O) groups excluding carboxylic acids is 1. The van der Waals surface area contributed by atoms with Gasteiger partial charge in [-0.2, -0.15) is 5.10 Å². The number of rotatable bonds is 8. The van der Waals surface area contributed by atoms with E-state index in [1.165, 1.54) is 37.7 Å². The lowest BCUT2D eigenvalue weighted by atomic mass is 9.87. The largest absolute Gasteiger partial charge is 0.489 e. The highest BCUT2D eigenvalue weighted by Gasteiger charge is 2.18. The van der Waals surface area contributed by atoms with Crippen LogP contribution in [0.4, 0.5) is 5.82 Å². The molecule has 5 nitrogen and oxygen atoms in total. The number of aryl methyl sites for hydroxylation is 2. The molecule has 0 bridgehead atoms. The topological polar surface area (TPSA) is 56.1 Å². The number of hydrogen-bond donors (Lipinski definition) is 1. The first-order chi connectivity index (χ1) is 15.6. The Balaban J connectivity index is 1.42. The van der Waals surface area contributed by atoms with Crippen LogP contribution in [0.5, 0.6) is 5.75 Å². The Hall–Kier alpha value is -3.08. The van der Waals surface area contributed by atoms with Gasteiger partial charge in [0.1, 0.15) is 12.4 Å². The van der Waals surface area contributed by atoms with Gasteiger partial charge in [-0.25, -0.2) is 0 Å². The average molecular weight is 432 g/mol. The zero-order valence-corrected chi connectivity index (χ0v) is 19.1. The third-order valence-electron chi connectivity index (χ3n) is 6.22. The molecule has 1 aromatic heterocycles. The smallest absolute Gasteiger partial charge is 0.225 e. The maximum absolute atomic E-state index is 12.5. The van der Waals surface area contributed by atoms with Crippen molar-refractivity contribution in [1.29, 1.82) is 0 Å². The van der Waals surface area contributed by atoms with Crippen LogP contribution in [0.25, 0.3) is 0 Å².